The normalized spacial score (nSPS) is 11.1. The summed E-state index contributed by atoms with van der Waals surface area (Å²) >= 11 is 1.32. The number of aryl methyl sites for hydroxylation is 2. The molecule has 0 aliphatic heterocycles. The van der Waals surface area contributed by atoms with Crippen molar-refractivity contribution in [3.05, 3.63) is 51.2 Å². The van der Waals surface area contributed by atoms with E-state index >= 15 is 0 Å². The molecule has 0 bridgehead atoms. The first kappa shape index (κ1) is 15.5. The van der Waals surface area contributed by atoms with E-state index in [-0.39, 0.29) is 17.2 Å². The predicted octanol–water partition coefficient (Wildman–Crippen LogP) is 2.55. The number of benzene rings is 1. The summed E-state index contributed by atoms with van der Waals surface area (Å²) in [4.78, 5) is 37.7. The average Bonchev–Trinajstić information content (AvgIpc) is 2.89. The van der Waals surface area contributed by atoms with E-state index in [0.29, 0.717) is 21.8 Å². The summed E-state index contributed by atoms with van der Waals surface area (Å²) < 4.78 is 0. The summed E-state index contributed by atoms with van der Waals surface area (Å²) in [6, 6.07) is 5.12. The van der Waals surface area contributed by atoms with Crippen molar-refractivity contribution in [3.63, 3.8) is 0 Å². The maximum Gasteiger partial charge on any atom is 0.323 e. The van der Waals surface area contributed by atoms with Crippen LogP contribution in [-0.2, 0) is 0 Å². The minimum atomic E-state index is -0.280. The summed E-state index contributed by atoms with van der Waals surface area (Å²) in [6.07, 6.45) is 0. The van der Waals surface area contributed by atoms with Gasteiger partial charge >= 0.3 is 5.69 Å². The zero-order valence-electron chi connectivity index (χ0n) is 13.1. The summed E-state index contributed by atoms with van der Waals surface area (Å²) in [6.45, 7) is 5.86. The molecule has 0 amide bonds. The number of nitrogens with zero attached hydrogens (tertiary/aromatic N) is 2. The molecule has 1 aromatic carbocycles. The maximum atomic E-state index is 12.3. The van der Waals surface area contributed by atoms with E-state index in [4.69, 9.17) is 0 Å². The second-order valence-corrected chi connectivity index (χ2v) is 6.30. The Hall–Kier alpha value is -2.41. The zero-order valence-corrected chi connectivity index (χ0v) is 13.9. The number of ketones is 1. The molecule has 3 rings (SSSR count). The highest BCUT2D eigenvalue weighted by Crippen LogP contribution is 2.19. The Morgan fingerprint density at radius 2 is 1.74 bits per heavy atom. The van der Waals surface area contributed by atoms with Gasteiger partial charge in [0, 0.05) is 17.0 Å². The van der Waals surface area contributed by atoms with Crippen molar-refractivity contribution in [2.45, 2.75) is 25.9 Å². The summed E-state index contributed by atoms with van der Waals surface area (Å²) in [5.74, 6) is 0.223. The monoisotopic (exact) mass is 328 g/mol. The fourth-order valence-corrected chi connectivity index (χ4v) is 3.06. The van der Waals surface area contributed by atoms with Crippen molar-refractivity contribution in [3.8, 4) is 0 Å². The topological polar surface area (TPSA) is 91.5 Å². The van der Waals surface area contributed by atoms with Gasteiger partial charge in [0.25, 0.3) is 0 Å². The van der Waals surface area contributed by atoms with Crippen LogP contribution in [0.5, 0.6) is 0 Å². The van der Waals surface area contributed by atoms with Crippen LogP contribution >= 0.6 is 11.8 Å². The van der Waals surface area contributed by atoms with E-state index in [2.05, 4.69) is 19.9 Å². The number of carbonyl (C=O) groups excluding carboxylic acids is 1. The number of fused-ring (bicyclic) bond motifs is 1. The standard InChI is InChI=1S/C16H16N4O2S/c1-8-9(2)17-16(18-10(8)3)23-7-14(21)11-4-5-12-13(6-11)20-15(22)19-12/h4-6H,7H2,1-3H3,(H2,19,20,22). The van der Waals surface area contributed by atoms with Gasteiger partial charge in [-0.05, 0) is 44.5 Å². The molecule has 0 unspecified atom stereocenters. The average molecular weight is 328 g/mol. The lowest BCUT2D eigenvalue weighted by molar-refractivity contribution is 0.102. The van der Waals surface area contributed by atoms with Gasteiger partial charge in [0.15, 0.2) is 10.9 Å². The number of Topliss-reactive ketones (excluding diaryl/α,β-unsaturated/α-hetero) is 1. The smallest absolute Gasteiger partial charge is 0.306 e. The Morgan fingerprint density at radius 3 is 2.43 bits per heavy atom. The van der Waals surface area contributed by atoms with Crippen molar-refractivity contribution >= 4 is 28.6 Å². The van der Waals surface area contributed by atoms with Gasteiger partial charge in [0.2, 0.25) is 0 Å². The molecule has 0 fully saturated rings. The van der Waals surface area contributed by atoms with Gasteiger partial charge in [-0.1, -0.05) is 11.8 Å². The highest BCUT2D eigenvalue weighted by molar-refractivity contribution is 7.99. The molecule has 2 aromatic heterocycles. The first-order valence-electron chi connectivity index (χ1n) is 7.14. The fourth-order valence-electron chi connectivity index (χ4n) is 2.23. The van der Waals surface area contributed by atoms with Gasteiger partial charge in [-0.25, -0.2) is 14.8 Å². The van der Waals surface area contributed by atoms with Crippen molar-refractivity contribution in [2.75, 3.05) is 5.75 Å². The largest absolute Gasteiger partial charge is 0.323 e. The Balaban J connectivity index is 1.76. The third kappa shape index (κ3) is 3.19. The summed E-state index contributed by atoms with van der Waals surface area (Å²) in [5.41, 5.74) is 4.52. The SMILES string of the molecule is Cc1nc(SCC(=O)c2ccc3[nH]c(=O)[nH]c3c2)nc(C)c1C. The van der Waals surface area contributed by atoms with Crippen LogP contribution in [0.4, 0.5) is 0 Å². The number of H-pyrrole nitrogens is 2. The molecule has 118 valence electrons. The van der Waals surface area contributed by atoms with Crippen LogP contribution in [0.2, 0.25) is 0 Å². The molecule has 6 nitrogen and oxygen atoms in total. The second-order valence-electron chi connectivity index (χ2n) is 5.35. The first-order chi connectivity index (χ1) is 10.9. The van der Waals surface area contributed by atoms with Crippen LogP contribution in [0.3, 0.4) is 0 Å². The zero-order chi connectivity index (χ0) is 16.6. The molecule has 0 atom stereocenters. The van der Waals surface area contributed by atoms with E-state index < -0.39 is 0 Å². The lowest BCUT2D eigenvalue weighted by Gasteiger charge is -2.06. The van der Waals surface area contributed by atoms with Crippen LogP contribution in [-0.4, -0.2) is 31.5 Å². The Kier molecular flexibility index (Phi) is 4.04. The fraction of sp³-hybridized carbons (Fsp3) is 0.250. The number of nitrogens with one attached hydrogen (secondary N) is 2. The van der Waals surface area contributed by atoms with Crippen molar-refractivity contribution in [1.82, 2.24) is 19.9 Å². The number of hydrogen-bond donors (Lipinski definition) is 2. The molecule has 2 N–H and O–H groups in total. The molecule has 2 heterocycles. The number of aromatic nitrogens is 4. The molecule has 7 heteroatoms. The molecular formula is C16H16N4O2S. The quantitative estimate of drug-likeness (QED) is 0.436. The maximum absolute atomic E-state index is 12.3. The third-order valence-electron chi connectivity index (χ3n) is 3.78. The Bertz CT molecular complexity index is 935. The third-order valence-corrected chi connectivity index (χ3v) is 4.63. The molecule has 0 saturated carbocycles. The van der Waals surface area contributed by atoms with Gasteiger partial charge < -0.3 is 9.97 Å². The van der Waals surface area contributed by atoms with Crippen LogP contribution in [0.15, 0.2) is 28.2 Å². The van der Waals surface area contributed by atoms with E-state index in [1.54, 1.807) is 18.2 Å². The minimum absolute atomic E-state index is 0.0292. The molecule has 0 spiro atoms. The van der Waals surface area contributed by atoms with Crippen LogP contribution in [0.1, 0.15) is 27.3 Å². The lowest BCUT2D eigenvalue weighted by Crippen LogP contribution is -2.04. The Morgan fingerprint density at radius 1 is 1.09 bits per heavy atom. The highest BCUT2D eigenvalue weighted by atomic mass is 32.2. The number of thioether (sulfide) groups is 1. The van der Waals surface area contributed by atoms with Crippen LogP contribution in [0, 0.1) is 20.8 Å². The summed E-state index contributed by atoms with van der Waals surface area (Å²) in [7, 11) is 0. The first-order valence-corrected chi connectivity index (χ1v) is 8.12. The second kappa shape index (κ2) is 6.00. The number of rotatable bonds is 4. The van der Waals surface area contributed by atoms with Crippen LogP contribution < -0.4 is 5.69 Å². The minimum Gasteiger partial charge on any atom is -0.306 e. The van der Waals surface area contributed by atoms with Gasteiger partial charge in [-0.3, -0.25) is 4.79 Å². The molecule has 0 aliphatic carbocycles. The number of aromatic amines is 2. The summed E-state index contributed by atoms with van der Waals surface area (Å²) in [5, 5.41) is 0.607. The number of imidazole rings is 1. The van der Waals surface area contributed by atoms with E-state index in [1.807, 2.05) is 20.8 Å². The van der Waals surface area contributed by atoms with Gasteiger partial charge in [-0.15, -0.1) is 0 Å². The molecule has 0 aliphatic rings. The van der Waals surface area contributed by atoms with Gasteiger partial charge in [-0.2, -0.15) is 0 Å². The molecule has 0 saturated heterocycles. The van der Waals surface area contributed by atoms with Crippen molar-refractivity contribution in [1.29, 1.82) is 0 Å². The van der Waals surface area contributed by atoms with Crippen LogP contribution in [0.25, 0.3) is 11.0 Å². The molecular weight excluding hydrogens is 312 g/mol. The van der Waals surface area contributed by atoms with Crippen molar-refractivity contribution in [2.24, 2.45) is 0 Å². The van der Waals surface area contributed by atoms with E-state index in [0.717, 1.165) is 17.0 Å². The van der Waals surface area contributed by atoms with E-state index in [9.17, 15) is 9.59 Å². The highest BCUT2D eigenvalue weighted by Gasteiger charge is 2.11. The molecule has 23 heavy (non-hydrogen) atoms. The molecule has 0 radical (unpaired) electrons. The lowest BCUT2D eigenvalue weighted by atomic mass is 10.1. The van der Waals surface area contributed by atoms with E-state index in [1.165, 1.54) is 11.8 Å². The number of carbonyl (C=O) groups is 1. The van der Waals surface area contributed by atoms with Gasteiger partial charge in [0.05, 0.1) is 16.8 Å². The van der Waals surface area contributed by atoms with Gasteiger partial charge in [0.1, 0.15) is 0 Å². The predicted molar refractivity (Wildman–Crippen MR) is 90.2 cm³/mol. The Labute approximate surface area is 136 Å². The van der Waals surface area contributed by atoms with Crippen molar-refractivity contribution < 1.29 is 4.79 Å². The number of hydrogen-bond acceptors (Lipinski definition) is 5. The molecule has 3 aromatic rings.